The summed E-state index contributed by atoms with van der Waals surface area (Å²) in [7, 11) is -3.70. The van der Waals surface area contributed by atoms with E-state index in [1.165, 1.54) is 22.5 Å². The van der Waals surface area contributed by atoms with Crippen molar-refractivity contribution in [1.82, 2.24) is 14.4 Å². The van der Waals surface area contributed by atoms with Crippen LogP contribution >= 0.6 is 0 Å². The van der Waals surface area contributed by atoms with Gasteiger partial charge in [0, 0.05) is 32.0 Å². The van der Waals surface area contributed by atoms with E-state index in [1.54, 1.807) is 0 Å². The van der Waals surface area contributed by atoms with Gasteiger partial charge in [-0.2, -0.15) is 9.29 Å². The van der Waals surface area contributed by atoms with Crippen LogP contribution in [0.15, 0.2) is 33.7 Å². The molecule has 1 aromatic heterocycles. The number of ether oxygens (including phenoxy) is 1. The summed E-state index contributed by atoms with van der Waals surface area (Å²) >= 11 is 0. The molecular formula is C21H26FN3O4S. The standard InChI is InChI=1S/C21H26FN3O4S/c22-17-2-1-3-18(13-17)30(26,27)25-9-7-21(8-10-25)14-15(6-11-28-21)12-19-23-20(24-29-19)16-4-5-16/h1-3,13,15-16H,4-12,14H2. The van der Waals surface area contributed by atoms with Crippen LogP contribution in [0.3, 0.4) is 0 Å². The lowest BCUT2D eigenvalue weighted by atomic mass is 9.79. The van der Waals surface area contributed by atoms with E-state index in [1.807, 2.05) is 0 Å². The zero-order chi connectivity index (χ0) is 20.8. The highest BCUT2D eigenvalue weighted by atomic mass is 32.2. The number of hydrogen-bond donors (Lipinski definition) is 0. The maximum absolute atomic E-state index is 13.5. The lowest BCUT2D eigenvalue weighted by Gasteiger charge is -2.45. The Kier molecular flexibility index (Phi) is 5.15. The van der Waals surface area contributed by atoms with E-state index in [4.69, 9.17) is 9.26 Å². The van der Waals surface area contributed by atoms with Gasteiger partial charge in [-0.25, -0.2) is 12.8 Å². The van der Waals surface area contributed by atoms with Gasteiger partial charge in [-0.15, -0.1) is 0 Å². The Hall–Kier alpha value is -1.84. The van der Waals surface area contributed by atoms with E-state index in [0.717, 1.165) is 44.0 Å². The maximum atomic E-state index is 13.5. The molecule has 3 heterocycles. The Balaban J connectivity index is 1.22. The highest BCUT2D eigenvalue weighted by Crippen LogP contribution is 2.41. The van der Waals surface area contributed by atoms with Gasteiger partial charge < -0.3 is 9.26 Å². The molecule has 7 nitrogen and oxygen atoms in total. The van der Waals surface area contributed by atoms with Crippen LogP contribution in [0.25, 0.3) is 0 Å². The minimum atomic E-state index is -3.70. The Morgan fingerprint density at radius 3 is 2.73 bits per heavy atom. The van der Waals surface area contributed by atoms with Gasteiger partial charge in [0.1, 0.15) is 5.82 Å². The Morgan fingerprint density at radius 2 is 2.00 bits per heavy atom. The van der Waals surface area contributed by atoms with Crippen LogP contribution in [0, 0.1) is 11.7 Å². The van der Waals surface area contributed by atoms with Gasteiger partial charge in [0.2, 0.25) is 15.9 Å². The van der Waals surface area contributed by atoms with Crippen LogP contribution in [-0.4, -0.2) is 48.2 Å². The van der Waals surface area contributed by atoms with Crippen molar-refractivity contribution in [2.45, 2.75) is 61.4 Å². The first-order valence-electron chi connectivity index (χ1n) is 10.7. The lowest BCUT2D eigenvalue weighted by Crippen LogP contribution is -2.50. The zero-order valence-electron chi connectivity index (χ0n) is 16.8. The summed E-state index contributed by atoms with van der Waals surface area (Å²) in [5, 5.41) is 4.10. The molecule has 1 spiro atoms. The molecular weight excluding hydrogens is 409 g/mol. The van der Waals surface area contributed by atoms with Crippen LogP contribution in [0.2, 0.25) is 0 Å². The maximum Gasteiger partial charge on any atom is 0.243 e. The summed E-state index contributed by atoms with van der Waals surface area (Å²) < 4.78 is 52.3. The van der Waals surface area contributed by atoms with E-state index < -0.39 is 15.8 Å². The summed E-state index contributed by atoms with van der Waals surface area (Å²) in [6.45, 7) is 1.40. The molecule has 1 atom stereocenters. The van der Waals surface area contributed by atoms with E-state index in [0.29, 0.717) is 50.3 Å². The minimum absolute atomic E-state index is 0.00347. The van der Waals surface area contributed by atoms with Crippen LogP contribution in [-0.2, 0) is 21.2 Å². The summed E-state index contributed by atoms with van der Waals surface area (Å²) in [6, 6.07) is 5.19. The van der Waals surface area contributed by atoms with Gasteiger partial charge in [0.15, 0.2) is 5.82 Å². The normalized spacial score (nSPS) is 24.9. The van der Waals surface area contributed by atoms with E-state index in [-0.39, 0.29) is 10.5 Å². The monoisotopic (exact) mass is 435 g/mol. The van der Waals surface area contributed by atoms with Gasteiger partial charge in [-0.1, -0.05) is 11.2 Å². The van der Waals surface area contributed by atoms with Gasteiger partial charge >= 0.3 is 0 Å². The molecule has 2 aliphatic heterocycles. The van der Waals surface area contributed by atoms with Crippen molar-refractivity contribution in [3.8, 4) is 0 Å². The zero-order valence-corrected chi connectivity index (χ0v) is 17.6. The van der Waals surface area contributed by atoms with Crippen molar-refractivity contribution < 1.29 is 22.1 Å². The topological polar surface area (TPSA) is 85.5 Å². The average molecular weight is 436 g/mol. The van der Waals surface area contributed by atoms with Crippen molar-refractivity contribution in [2.75, 3.05) is 19.7 Å². The van der Waals surface area contributed by atoms with Gasteiger partial charge in [-0.3, -0.25) is 0 Å². The van der Waals surface area contributed by atoms with Crippen molar-refractivity contribution >= 4 is 10.0 Å². The molecule has 30 heavy (non-hydrogen) atoms. The second kappa shape index (κ2) is 7.69. The molecule has 0 radical (unpaired) electrons. The van der Waals surface area contributed by atoms with Crippen molar-refractivity contribution in [3.05, 3.63) is 41.8 Å². The predicted molar refractivity (Wildman–Crippen MR) is 106 cm³/mol. The van der Waals surface area contributed by atoms with Crippen LogP contribution in [0.5, 0.6) is 0 Å². The first kappa shape index (κ1) is 20.1. The second-order valence-electron chi connectivity index (χ2n) is 8.78. The molecule has 1 saturated carbocycles. The highest BCUT2D eigenvalue weighted by Gasteiger charge is 2.43. The third kappa shape index (κ3) is 4.02. The summed E-state index contributed by atoms with van der Waals surface area (Å²) in [5.41, 5.74) is -0.309. The van der Waals surface area contributed by atoms with Crippen molar-refractivity contribution in [1.29, 1.82) is 0 Å². The summed E-state index contributed by atoms with van der Waals surface area (Å²) in [4.78, 5) is 4.55. The van der Waals surface area contributed by atoms with Crippen LogP contribution < -0.4 is 0 Å². The molecule has 1 aliphatic carbocycles. The fraction of sp³-hybridized carbons (Fsp3) is 0.619. The SMILES string of the molecule is O=S(=O)(c1cccc(F)c1)N1CCC2(CC1)CC(Cc1nc(C3CC3)no1)CCO2. The van der Waals surface area contributed by atoms with Gasteiger partial charge in [0.05, 0.1) is 10.5 Å². The number of aromatic nitrogens is 2. The summed E-state index contributed by atoms with van der Waals surface area (Å²) in [5.74, 6) is 1.85. The number of sulfonamides is 1. The molecule has 1 aromatic carbocycles. The third-order valence-electron chi connectivity index (χ3n) is 6.55. The first-order valence-corrected chi connectivity index (χ1v) is 12.1. The molecule has 0 amide bonds. The minimum Gasteiger partial charge on any atom is -0.375 e. The average Bonchev–Trinajstić information content (AvgIpc) is 3.48. The smallest absolute Gasteiger partial charge is 0.243 e. The molecule has 3 fully saturated rings. The highest BCUT2D eigenvalue weighted by molar-refractivity contribution is 7.89. The number of hydrogen-bond acceptors (Lipinski definition) is 6. The fourth-order valence-electron chi connectivity index (χ4n) is 4.67. The quantitative estimate of drug-likeness (QED) is 0.717. The van der Waals surface area contributed by atoms with Crippen LogP contribution in [0.4, 0.5) is 4.39 Å². The second-order valence-corrected chi connectivity index (χ2v) is 10.7. The number of piperidine rings is 1. The van der Waals surface area contributed by atoms with Crippen LogP contribution in [0.1, 0.15) is 56.2 Å². The van der Waals surface area contributed by atoms with E-state index in [2.05, 4.69) is 10.1 Å². The third-order valence-corrected chi connectivity index (χ3v) is 8.45. The van der Waals surface area contributed by atoms with E-state index >= 15 is 0 Å². The molecule has 162 valence electrons. The molecule has 9 heteroatoms. The number of rotatable bonds is 5. The summed E-state index contributed by atoms with van der Waals surface area (Å²) in [6.07, 6.45) is 6.11. The van der Waals surface area contributed by atoms with Crippen molar-refractivity contribution in [2.24, 2.45) is 5.92 Å². The Bertz CT molecular complexity index is 1010. The number of halogens is 1. The van der Waals surface area contributed by atoms with E-state index in [9.17, 15) is 12.8 Å². The van der Waals surface area contributed by atoms with Gasteiger partial charge in [0.25, 0.3) is 0 Å². The molecule has 2 saturated heterocycles. The largest absolute Gasteiger partial charge is 0.375 e. The van der Waals surface area contributed by atoms with Gasteiger partial charge in [-0.05, 0) is 62.6 Å². The first-order chi connectivity index (χ1) is 14.4. The molecule has 3 aliphatic rings. The molecule has 1 unspecified atom stereocenters. The fourth-order valence-corrected chi connectivity index (χ4v) is 6.14. The number of nitrogens with zero attached hydrogens (tertiary/aromatic N) is 3. The molecule has 2 aromatic rings. The predicted octanol–water partition coefficient (Wildman–Crippen LogP) is 3.28. The Labute approximate surface area is 175 Å². The molecule has 5 rings (SSSR count). The number of benzene rings is 1. The van der Waals surface area contributed by atoms with Crippen molar-refractivity contribution in [3.63, 3.8) is 0 Å². The molecule has 0 N–H and O–H groups in total. The Morgan fingerprint density at radius 1 is 1.20 bits per heavy atom. The molecule has 0 bridgehead atoms. The lowest BCUT2D eigenvalue weighted by molar-refractivity contribution is -0.121.